The van der Waals surface area contributed by atoms with Gasteiger partial charge in [0.2, 0.25) is 11.7 Å². The van der Waals surface area contributed by atoms with Crippen molar-refractivity contribution in [3.63, 3.8) is 0 Å². The Kier molecular flexibility index (Phi) is 7.22. The number of benzene rings is 3. The summed E-state index contributed by atoms with van der Waals surface area (Å²) < 4.78 is 11.3. The van der Waals surface area contributed by atoms with E-state index in [1.165, 1.54) is 12.5 Å². The summed E-state index contributed by atoms with van der Waals surface area (Å²) in [4.78, 5) is 39.4. The molecule has 0 radical (unpaired) electrons. The van der Waals surface area contributed by atoms with Gasteiger partial charge in [0.15, 0.2) is 6.10 Å². The van der Waals surface area contributed by atoms with Gasteiger partial charge in [-0.2, -0.15) is 0 Å². The lowest BCUT2D eigenvalue weighted by Gasteiger charge is -2.18. The Morgan fingerprint density at radius 1 is 0.943 bits per heavy atom. The van der Waals surface area contributed by atoms with Crippen molar-refractivity contribution in [2.24, 2.45) is 5.92 Å². The molecule has 4 rings (SSSR count). The number of halogens is 1. The summed E-state index contributed by atoms with van der Waals surface area (Å²) in [6.07, 6.45) is -0.934. The number of Topliss-reactive ketones (excluding diaryl/α,β-unsaturated/α-hetero) is 1. The minimum atomic E-state index is -0.963. The van der Waals surface area contributed by atoms with Gasteiger partial charge in [-0.3, -0.25) is 14.4 Å². The molecule has 3 aromatic carbocycles. The van der Waals surface area contributed by atoms with Gasteiger partial charge in [-0.25, -0.2) is 0 Å². The van der Waals surface area contributed by atoms with E-state index in [1.54, 1.807) is 53.4 Å². The Morgan fingerprint density at radius 2 is 1.60 bits per heavy atom. The number of hydrogen-bond acceptors (Lipinski definition) is 5. The van der Waals surface area contributed by atoms with Crippen LogP contribution in [0.15, 0.2) is 66.7 Å². The van der Waals surface area contributed by atoms with Gasteiger partial charge in [-0.05, 0) is 92.6 Å². The minimum Gasteiger partial charge on any atom is -0.457 e. The highest BCUT2D eigenvalue weighted by Crippen LogP contribution is 2.30. The van der Waals surface area contributed by atoms with E-state index in [-0.39, 0.29) is 24.7 Å². The lowest BCUT2D eigenvalue weighted by atomic mass is 10.1. The highest BCUT2D eigenvalue weighted by Gasteiger charge is 2.37. The molecule has 0 N–H and O–H groups in total. The zero-order valence-corrected chi connectivity index (χ0v) is 20.5. The van der Waals surface area contributed by atoms with Crippen molar-refractivity contribution >= 4 is 34.9 Å². The van der Waals surface area contributed by atoms with E-state index < -0.39 is 18.0 Å². The summed E-state index contributed by atoms with van der Waals surface area (Å²) in [5.41, 5.74) is 3.41. The largest absolute Gasteiger partial charge is 0.457 e. The number of aryl methyl sites for hydroxylation is 2. The standard InChI is InChI=1S/C28H26ClNO5/c1-17-4-11-25(14-18(17)2)35-24-12-9-23(10-13-24)30-16-21(15-26(30)31)28(33)34-19(3)27(32)20-5-7-22(29)8-6-20/h4-14,19,21H,15-16H2,1-3H3/t19-,21-/m0/s1. The Labute approximate surface area is 209 Å². The monoisotopic (exact) mass is 491 g/mol. The van der Waals surface area contributed by atoms with Crippen LogP contribution in [-0.4, -0.2) is 30.3 Å². The number of ketones is 1. The molecule has 6 nitrogen and oxygen atoms in total. The van der Waals surface area contributed by atoms with Crippen molar-refractivity contribution in [2.45, 2.75) is 33.3 Å². The van der Waals surface area contributed by atoms with Crippen molar-refractivity contribution < 1.29 is 23.9 Å². The van der Waals surface area contributed by atoms with Crippen LogP contribution in [0.4, 0.5) is 5.69 Å². The van der Waals surface area contributed by atoms with Crippen LogP contribution in [0.2, 0.25) is 5.02 Å². The van der Waals surface area contributed by atoms with E-state index in [9.17, 15) is 14.4 Å². The van der Waals surface area contributed by atoms with Crippen LogP contribution in [0.1, 0.15) is 34.8 Å². The van der Waals surface area contributed by atoms with E-state index in [2.05, 4.69) is 0 Å². The van der Waals surface area contributed by atoms with Gasteiger partial charge >= 0.3 is 5.97 Å². The second-order valence-electron chi connectivity index (χ2n) is 8.70. The summed E-state index contributed by atoms with van der Waals surface area (Å²) in [7, 11) is 0. The maximum absolute atomic E-state index is 12.7. The fourth-order valence-electron chi connectivity index (χ4n) is 3.90. The fraction of sp³-hybridized carbons (Fsp3) is 0.250. The molecule has 0 spiro atoms. The van der Waals surface area contributed by atoms with Crippen LogP contribution < -0.4 is 9.64 Å². The molecule has 1 fully saturated rings. The summed E-state index contributed by atoms with van der Waals surface area (Å²) in [5, 5.41) is 0.514. The van der Waals surface area contributed by atoms with Crippen molar-refractivity contribution in [2.75, 3.05) is 11.4 Å². The van der Waals surface area contributed by atoms with Gasteiger partial charge in [0, 0.05) is 29.2 Å². The number of esters is 1. The summed E-state index contributed by atoms with van der Waals surface area (Å²) in [6, 6.07) is 19.4. The Morgan fingerprint density at radius 3 is 2.26 bits per heavy atom. The fourth-order valence-corrected chi connectivity index (χ4v) is 4.02. The number of rotatable bonds is 7. The van der Waals surface area contributed by atoms with Gasteiger partial charge in [-0.1, -0.05) is 17.7 Å². The number of anilines is 1. The smallest absolute Gasteiger partial charge is 0.312 e. The molecular formula is C28H26ClNO5. The molecule has 7 heteroatoms. The molecule has 1 aliphatic heterocycles. The Hall–Kier alpha value is -3.64. The average Bonchev–Trinajstić information content (AvgIpc) is 3.23. The molecule has 0 aliphatic carbocycles. The van der Waals surface area contributed by atoms with Crippen molar-refractivity contribution in [1.82, 2.24) is 0 Å². The molecule has 0 saturated carbocycles. The molecular weight excluding hydrogens is 466 g/mol. The minimum absolute atomic E-state index is 0.0293. The zero-order valence-electron chi connectivity index (χ0n) is 19.8. The quantitative estimate of drug-likeness (QED) is 0.303. The summed E-state index contributed by atoms with van der Waals surface area (Å²) >= 11 is 5.86. The third-order valence-electron chi connectivity index (χ3n) is 6.11. The first-order valence-corrected chi connectivity index (χ1v) is 11.7. The normalized spacial score (nSPS) is 16.2. The molecule has 1 saturated heterocycles. The molecule has 2 atom stereocenters. The molecule has 0 bridgehead atoms. The van der Waals surface area contributed by atoms with Crippen LogP contribution in [-0.2, 0) is 14.3 Å². The summed E-state index contributed by atoms with van der Waals surface area (Å²) in [6.45, 7) is 5.79. The van der Waals surface area contributed by atoms with Gasteiger partial charge in [-0.15, -0.1) is 0 Å². The molecule has 1 heterocycles. The van der Waals surface area contributed by atoms with Crippen LogP contribution in [0.25, 0.3) is 0 Å². The molecule has 35 heavy (non-hydrogen) atoms. The maximum Gasteiger partial charge on any atom is 0.312 e. The van der Waals surface area contributed by atoms with E-state index in [0.29, 0.717) is 22.0 Å². The van der Waals surface area contributed by atoms with E-state index in [1.807, 2.05) is 32.0 Å². The maximum atomic E-state index is 12.7. The van der Waals surface area contributed by atoms with Gasteiger partial charge in [0.1, 0.15) is 11.5 Å². The summed E-state index contributed by atoms with van der Waals surface area (Å²) in [5.74, 6) is -0.320. The van der Waals surface area contributed by atoms with Crippen LogP contribution >= 0.6 is 11.6 Å². The molecule has 180 valence electrons. The lowest BCUT2D eigenvalue weighted by Crippen LogP contribution is -2.30. The predicted molar refractivity (Wildman–Crippen MR) is 134 cm³/mol. The molecule has 1 amide bonds. The van der Waals surface area contributed by atoms with Crippen LogP contribution in [0.5, 0.6) is 11.5 Å². The van der Waals surface area contributed by atoms with Crippen LogP contribution in [0, 0.1) is 19.8 Å². The second-order valence-corrected chi connectivity index (χ2v) is 9.13. The van der Waals surface area contributed by atoms with E-state index in [4.69, 9.17) is 21.1 Å². The van der Waals surface area contributed by atoms with E-state index >= 15 is 0 Å². The first kappa shape index (κ1) is 24.5. The SMILES string of the molecule is Cc1ccc(Oc2ccc(N3C[C@@H](C(=O)O[C@@H](C)C(=O)c4ccc(Cl)cc4)CC3=O)cc2)cc1C. The average molecular weight is 492 g/mol. The van der Waals surface area contributed by atoms with Gasteiger partial charge in [0.05, 0.1) is 5.92 Å². The van der Waals surface area contributed by atoms with E-state index in [0.717, 1.165) is 11.3 Å². The molecule has 1 aliphatic rings. The molecule has 0 aromatic heterocycles. The molecule has 0 unspecified atom stereocenters. The Bertz CT molecular complexity index is 1250. The van der Waals surface area contributed by atoms with Crippen molar-refractivity contribution in [3.05, 3.63) is 88.4 Å². The number of amides is 1. The Balaban J connectivity index is 1.36. The van der Waals surface area contributed by atoms with Gasteiger partial charge in [0.25, 0.3) is 0 Å². The number of nitrogens with zero attached hydrogens (tertiary/aromatic N) is 1. The highest BCUT2D eigenvalue weighted by atomic mass is 35.5. The number of hydrogen-bond donors (Lipinski definition) is 0. The number of ether oxygens (including phenoxy) is 2. The third kappa shape index (κ3) is 5.72. The van der Waals surface area contributed by atoms with Crippen molar-refractivity contribution in [3.8, 4) is 11.5 Å². The number of carbonyl (C=O) groups excluding carboxylic acids is 3. The third-order valence-corrected chi connectivity index (χ3v) is 6.36. The van der Waals surface area contributed by atoms with Crippen LogP contribution in [0.3, 0.4) is 0 Å². The first-order chi connectivity index (χ1) is 16.7. The number of carbonyl (C=O) groups is 3. The lowest BCUT2D eigenvalue weighted by molar-refractivity contribution is -0.151. The van der Waals surface area contributed by atoms with Gasteiger partial charge < -0.3 is 14.4 Å². The second kappa shape index (κ2) is 10.3. The first-order valence-electron chi connectivity index (χ1n) is 11.4. The molecule has 3 aromatic rings. The highest BCUT2D eigenvalue weighted by molar-refractivity contribution is 6.30. The zero-order chi connectivity index (χ0) is 25.1. The predicted octanol–water partition coefficient (Wildman–Crippen LogP) is 5.92. The topological polar surface area (TPSA) is 72.9 Å². The van der Waals surface area contributed by atoms with Crippen molar-refractivity contribution in [1.29, 1.82) is 0 Å².